The first kappa shape index (κ1) is 16.7. The number of hydrogen-bond acceptors (Lipinski definition) is 2. The zero-order valence-electron chi connectivity index (χ0n) is 12.1. The van der Waals surface area contributed by atoms with Gasteiger partial charge in [-0.1, -0.05) is 36.4 Å². The Hall–Kier alpha value is -1.65. The SMILES string of the molecule is Cl.FC(F)c1cccc(CN2CCNCc3ccccc32)c1. The highest BCUT2D eigenvalue weighted by molar-refractivity contribution is 5.85. The van der Waals surface area contributed by atoms with Crippen LogP contribution in [0.15, 0.2) is 48.5 Å². The van der Waals surface area contributed by atoms with Gasteiger partial charge >= 0.3 is 0 Å². The molecule has 0 fully saturated rings. The molecule has 0 bridgehead atoms. The summed E-state index contributed by atoms with van der Waals surface area (Å²) in [6.45, 7) is 3.27. The summed E-state index contributed by atoms with van der Waals surface area (Å²) in [6, 6.07) is 15.0. The van der Waals surface area contributed by atoms with Gasteiger partial charge in [0.1, 0.15) is 0 Å². The van der Waals surface area contributed by atoms with Gasteiger partial charge in [0.15, 0.2) is 0 Å². The van der Waals surface area contributed by atoms with Gasteiger partial charge in [0, 0.05) is 37.4 Å². The molecule has 0 spiro atoms. The molecule has 118 valence electrons. The highest BCUT2D eigenvalue weighted by atomic mass is 35.5. The summed E-state index contributed by atoms with van der Waals surface area (Å²) in [5.41, 5.74) is 3.45. The molecule has 0 aliphatic carbocycles. The molecule has 0 saturated heterocycles. The normalized spacial score (nSPS) is 14.2. The monoisotopic (exact) mass is 324 g/mol. The first-order valence-electron chi connectivity index (χ1n) is 7.14. The van der Waals surface area contributed by atoms with Gasteiger partial charge in [-0.25, -0.2) is 8.78 Å². The van der Waals surface area contributed by atoms with Crippen molar-refractivity contribution in [3.63, 3.8) is 0 Å². The van der Waals surface area contributed by atoms with E-state index in [-0.39, 0.29) is 18.0 Å². The van der Waals surface area contributed by atoms with Crippen LogP contribution in [0, 0.1) is 0 Å². The van der Waals surface area contributed by atoms with E-state index in [4.69, 9.17) is 0 Å². The van der Waals surface area contributed by atoms with Crippen LogP contribution in [0.1, 0.15) is 23.1 Å². The summed E-state index contributed by atoms with van der Waals surface area (Å²) in [6.07, 6.45) is -2.41. The Bertz CT molecular complexity index is 619. The second-order valence-corrected chi connectivity index (χ2v) is 5.27. The molecular formula is C17H19ClF2N2. The number of alkyl halides is 2. The standard InChI is InChI=1S/C17H18F2N2.ClH/c18-17(19)14-6-3-4-13(10-14)12-21-9-8-20-11-15-5-1-2-7-16(15)21;/h1-7,10,17,20H,8-9,11-12H2;1H. The van der Waals surface area contributed by atoms with E-state index in [2.05, 4.69) is 22.3 Å². The zero-order valence-corrected chi connectivity index (χ0v) is 13.0. The Balaban J connectivity index is 0.00000176. The molecule has 1 aliphatic heterocycles. The third-order valence-electron chi connectivity index (χ3n) is 3.78. The highest BCUT2D eigenvalue weighted by Crippen LogP contribution is 2.25. The predicted molar refractivity (Wildman–Crippen MR) is 87.8 cm³/mol. The zero-order chi connectivity index (χ0) is 14.7. The quantitative estimate of drug-likeness (QED) is 0.912. The largest absolute Gasteiger partial charge is 0.366 e. The second-order valence-electron chi connectivity index (χ2n) is 5.27. The number of nitrogens with one attached hydrogen (secondary N) is 1. The number of para-hydroxylation sites is 1. The maximum Gasteiger partial charge on any atom is 0.263 e. The molecule has 2 aromatic carbocycles. The Kier molecular flexibility index (Phi) is 5.75. The van der Waals surface area contributed by atoms with Crippen LogP contribution in [-0.4, -0.2) is 13.1 Å². The number of anilines is 1. The van der Waals surface area contributed by atoms with Crippen molar-refractivity contribution in [2.45, 2.75) is 19.5 Å². The van der Waals surface area contributed by atoms with E-state index in [0.29, 0.717) is 6.54 Å². The molecule has 2 nitrogen and oxygen atoms in total. The van der Waals surface area contributed by atoms with Crippen molar-refractivity contribution >= 4 is 18.1 Å². The molecule has 1 N–H and O–H groups in total. The van der Waals surface area contributed by atoms with Crippen LogP contribution >= 0.6 is 12.4 Å². The molecule has 0 atom stereocenters. The number of hydrogen-bond donors (Lipinski definition) is 1. The Morgan fingerprint density at radius 3 is 2.73 bits per heavy atom. The summed E-state index contributed by atoms with van der Waals surface area (Å²) >= 11 is 0. The van der Waals surface area contributed by atoms with Crippen molar-refractivity contribution in [3.8, 4) is 0 Å². The molecule has 3 rings (SSSR count). The van der Waals surface area contributed by atoms with Crippen LogP contribution in [0.25, 0.3) is 0 Å². The topological polar surface area (TPSA) is 15.3 Å². The van der Waals surface area contributed by atoms with Gasteiger partial charge in [0.05, 0.1) is 0 Å². The minimum Gasteiger partial charge on any atom is -0.366 e. The maximum atomic E-state index is 12.8. The molecule has 5 heteroatoms. The highest BCUT2D eigenvalue weighted by Gasteiger charge is 2.15. The number of rotatable bonds is 3. The maximum absolute atomic E-state index is 12.8. The van der Waals surface area contributed by atoms with Gasteiger partial charge in [-0.15, -0.1) is 12.4 Å². The third-order valence-corrected chi connectivity index (χ3v) is 3.78. The van der Waals surface area contributed by atoms with Gasteiger partial charge in [-0.3, -0.25) is 0 Å². The van der Waals surface area contributed by atoms with Gasteiger partial charge in [-0.05, 0) is 23.3 Å². The van der Waals surface area contributed by atoms with E-state index in [9.17, 15) is 8.78 Å². The van der Waals surface area contributed by atoms with Crippen LogP contribution in [0.3, 0.4) is 0 Å². The van der Waals surface area contributed by atoms with Crippen LogP contribution in [0.4, 0.5) is 14.5 Å². The summed E-state index contributed by atoms with van der Waals surface area (Å²) < 4.78 is 25.6. The van der Waals surface area contributed by atoms with E-state index < -0.39 is 6.43 Å². The molecule has 22 heavy (non-hydrogen) atoms. The van der Waals surface area contributed by atoms with Crippen molar-refractivity contribution in [1.82, 2.24) is 5.32 Å². The lowest BCUT2D eigenvalue weighted by Gasteiger charge is -2.25. The van der Waals surface area contributed by atoms with Crippen molar-refractivity contribution < 1.29 is 8.78 Å². The summed E-state index contributed by atoms with van der Waals surface area (Å²) in [5.74, 6) is 0. The minimum absolute atomic E-state index is 0. The Labute approximate surface area is 135 Å². The van der Waals surface area contributed by atoms with E-state index in [1.807, 2.05) is 18.2 Å². The second kappa shape index (κ2) is 7.56. The molecule has 0 saturated carbocycles. The average Bonchev–Trinajstić information content (AvgIpc) is 2.70. The van der Waals surface area contributed by atoms with E-state index in [0.717, 1.165) is 25.2 Å². The van der Waals surface area contributed by atoms with E-state index in [1.165, 1.54) is 17.3 Å². The Morgan fingerprint density at radius 2 is 1.91 bits per heavy atom. The third kappa shape index (κ3) is 3.76. The average molecular weight is 325 g/mol. The van der Waals surface area contributed by atoms with Gasteiger partial charge < -0.3 is 10.2 Å². The fourth-order valence-electron chi connectivity index (χ4n) is 2.74. The first-order chi connectivity index (χ1) is 10.2. The first-order valence-corrected chi connectivity index (χ1v) is 7.14. The fraction of sp³-hybridized carbons (Fsp3) is 0.294. The van der Waals surface area contributed by atoms with Gasteiger partial charge in [0.2, 0.25) is 0 Å². The summed E-state index contributed by atoms with van der Waals surface area (Å²) in [5, 5.41) is 3.39. The van der Waals surface area contributed by atoms with Crippen molar-refractivity contribution in [1.29, 1.82) is 0 Å². The van der Waals surface area contributed by atoms with E-state index in [1.54, 1.807) is 12.1 Å². The minimum atomic E-state index is -2.41. The van der Waals surface area contributed by atoms with Gasteiger partial charge in [0.25, 0.3) is 6.43 Å². The molecule has 1 heterocycles. The van der Waals surface area contributed by atoms with Crippen molar-refractivity contribution in [2.24, 2.45) is 0 Å². The fourth-order valence-corrected chi connectivity index (χ4v) is 2.74. The van der Waals surface area contributed by atoms with E-state index >= 15 is 0 Å². The number of halogens is 3. The predicted octanol–water partition coefficient (Wildman–Crippen LogP) is 4.16. The summed E-state index contributed by atoms with van der Waals surface area (Å²) in [4.78, 5) is 2.25. The van der Waals surface area contributed by atoms with Crippen molar-refractivity contribution in [2.75, 3.05) is 18.0 Å². The number of benzene rings is 2. The number of nitrogens with zero attached hydrogens (tertiary/aromatic N) is 1. The molecule has 2 aromatic rings. The lowest BCUT2D eigenvalue weighted by atomic mass is 10.1. The number of fused-ring (bicyclic) bond motifs is 1. The lowest BCUT2D eigenvalue weighted by molar-refractivity contribution is 0.151. The van der Waals surface area contributed by atoms with Crippen LogP contribution < -0.4 is 10.2 Å². The Morgan fingerprint density at radius 1 is 1.09 bits per heavy atom. The van der Waals surface area contributed by atoms with Gasteiger partial charge in [-0.2, -0.15) is 0 Å². The molecule has 1 aliphatic rings. The van der Waals surface area contributed by atoms with Crippen molar-refractivity contribution in [3.05, 3.63) is 65.2 Å². The van der Waals surface area contributed by atoms with Crippen LogP contribution in [0.2, 0.25) is 0 Å². The molecule has 0 unspecified atom stereocenters. The molecular weight excluding hydrogens is 306 g/mol. The van der Waals surface area contributed by atoms with Crippen LogP contribution in [-0.2, 0) is 13.1 Å². The molecule has 0 radical (unpaired) electrons. The molecule has 0 amide bonds. The lowest BCUT2D eigenvalue weighted by Crippen LogP contribution is -2.28. The smallest absolute Gasteiger partial charge is 0.263 e. The van der Waals surface area contributed by atoms with Crippen LogP contribution in [0.5, 0.6) is 0 Å². The summed E-state index contributed by atoms with van der Waals surface area (Å²) in [7, 11) is 0. The molecule has 0 aromatic heterocycles.